The van der Waals surface area contributed by atoms with Gasteiger partial charge in [-0.1, -0.05) is 61.9 Å². The summed E-state index contributed by atoms with van der Waals surface area (Å²) >= 11 is 0. The molecule has 0 bridgehead atoms. The number of fused-ring (bicyclic) bond motifs is 3. The van der Waals surface area contributed by atoms with Crippen molar-refractivity contribution in [2.24, 2.45) is 11.8 Å². The van der Waals surface area contributed by atoms with Crippen molar-refractivity contribution in [2.75, 3.05) is 13.2 Å². The zero-order valence-corrected chi connectivity index (χ0v) is 18.8. The molecule has 3 atom stereocenters. The van der Waals surface area contributed by atoms with Crippen LogP contribution in [0.3, 0.4) is 0 Å². The number of carboxylic acids is 1. The van der Waals surface area contributed by atoms with E-state index in [-0.39, 0.29) is 31.3 Å². The normalized spacial score (nSPS) is 19.2. The molecule has 2 aromatic carbocycles. The summed E-state index contributed by atoms with van der Waals surface area (Å²) in [7, 11) is 0. The van der Waals surface area contributed by atoms with Crippen LogP contribution in [0.25, 0.3) is 11.1 Å². The molecule has 0 radical (unpaired) electrons. The van der Waals surface area contributed by atoms with Gasteiger partial charge in [-0.2, -0.15) is 0 Å². The molecule has 0 saturated heterocycles. The molecule has 174 valence electrons. The van der Waals surface area contributed by atoms with Gasteiger partial charge in [0.05, 0.1) is 0 Å². The third-order valence-corrected chi connectivity index (χ3v) is 6.73. The first-order valence-corrected chi connectivity index (χ1v) is 11.6. The first-order chi connectivity index (χ1) is 16.0. The van der Waals surface area contributed by atoms with Gasteiger partial charge in [0, 0.05) is 18.9 Å². The summed E-state index contributed by atoms with van der Waals surface area (Å²) in [5, 5.41) is 14.5. The third-order valence-electron chi connectivity index (χ3n) is 6.73. The lowest BCUT2D eigenvalue weighted by Gasteiger charge is -2.19. The lowest BCUT2D eigenvalue weighted by Crippen LogP contribution is -2.47. The maximum atomic E-state index is 12.6. The molecule has 0 aliphatic heterocycles. The van der Waals surface area contributed by atoms with Crippen LogP contribution >= 0.6 is 0 Å². The van der Waals surface area contributed by atoms with Gasteiger partial charge in [-0.25, -0.2) is 4.79 Å². The van der Waals surface area contributed by atoms with E-state index in [0.29, 0.717) is 18.4 Å². The molecule has 3 unspecified atom stereocenters. The van der Waals surface area contributed by atoms with Crippen LogP contribution in [0.4, 0.5) is 4.79 Å². The second-order valence-electron chi connectivity index (χ2n) is 8.86. The van der Waals surface area contributed by atoms with Crippen LogP contribution in [-0.2, 0) is 14.3 Å². The van der Waals surface area contributed by atoms with Crippen molar-refractivity contribution in [2.45, 2.75) is 44.6 Å². The monoisotopic (exact) mass is 450 g/mol. The van der Waals surface area contributed by atoms with Crippen molar-refractivity contribution in [3.63, 3.8) is 0 Å². The van der Waals surface area contributed by atoms with E-state index in [9.17, 15) is 14.4 Å². The van der Waals surface area contributed by atoms with E-state index in [0.717, 1.165) is 35.1 Å². The Morgan fingerprint density at radius 1 is 1.03 bits per heavy atom. The Kier molecular flexibility index (Phi) is 6.96. The Morgan fingerprint density at radius 2 is 1.67 bits per heavy atom. The van der Waals surface area contributed by atoms with E-state index < -0.39 is 18.1 Å². The van der Waals surface area contributed by atoms with Crippen molar-refractivity contribution < 1.29 is 24.2 Å². The number of nitrogens with one attached hydrogen (secondary N) is 2. The number of amides is 2. The maximum absolute atomic E-state index is 12.6. The number of hydrogen-bond donors (Lipinski definition) is 3. The average molecular weight is 451 g/mol. The molecule has 2 amide bonds. The summed E-state index contributed by atoms with van der Waals surface area (Å²) in [5.74, 6) is -0.372. The number of aliphatic carboxylic acids is 1. The number of carbonyl (C=O) groups excluding carboxylic acids is 2. The minimum absolute atomic E-state index is 0.00718. The van der Waals surface area contributed by atoms with Crippen LogP contribution in [0.2, 0.25) is 0 Å². The summed E-state index contributed by atoms with van der Waals surface area (Å²) in [5.41, 5.74) is 4.46. The molecule has 2 aromatic rings. The van der Waals surface area contributed by atoms with Gasteiger partial charge < -0.3 is 20.5 Å². The summed E-state index contributed by atoms with van der Waals surface area (Å²) < 4.78 is 5.52. The predicted octanol–water partition coefficient (Wildman–Crippen LogP) is 3.92. The number of benzene rings is 2. The van der Waals surface area contributed by atoms with Gasteiger partial charge in [-0.15, -0.1) is 0 Å². The average Bonchev–Trinajstić information content (AvgIpc) is 3.52. The Hall–Kier alpha value is -3.35. The maximum Gasteiger partial charge on any atom is 0.407 e. The number of ether oxygens (including phenoxy) is 1. The molecule has 0 heterocycles. The fourth-order valence-electron chi connectivity index (χ4n) is 4.73. The lowest BCUT2D eigenvalue weighted by atomic mass is 9.98. The zero-order valence-electron chi connectivity index (χ0n) is 18.8. The van der Waals surface area contributed by atoms with Crippen LogP contribution in [0, 0.1) is 11.8 Å². The third kappa shape index (κ3) is 5.35. The van der Waals surface area contributed by atoms with Crippen molar-refractivity contribution in [3.8, 4) is 11.1 Å². The minimum Gasteiger partial charge on any atom is -0.481 e. The Labute approximate surface area is 193 Å². The summed E-state index contributed by atoms with van der Waals surface area (Å²) in [6, 6.07) is 15.1. The van der Waals surface area contributed by atoms with Gasteiger partial charge >= 0.3 is 12.1 Å². The number of alkyl carbamates (subject to hydrolysis) is 1. The smallest absolute Gasteiger partial charge is 0.407 e. The van der Waals surface area contributed by atoms with Gasteiger partial charge in [-0.05, 0) is 46.9 Å². The topological polar surface area (TPSA) is 105 Å². The quantitative estimate of drug-likeness (QED) is 0.509. The number of hydrogen-bond acceptors (Lipinski definition) is 4. The van der Waals surface area contributed by atoms with Gasteiger partial charge in [0.1, 0.15) is 12.6 Å². The van der Waals surface area contributed by atoms with Crippen molar-refractivity contribution >= 4 is 18.0 Å². The number of rotatable bonds is 10. The highest BCUT2D eigenvalue weighted by atomic mass is 16.5. The van der Waals surface area contributed by atoms with E-state index in [1.807, 2.05) is 36.4 Å². The molecule has 7 heteroatoms. The van der Waals surface area contributed by atoms with Crippen LogP contribution in [-0.4, -0.2) is 42.3 Å². The molecule has 2 aliphatic rings. The van der Waals surface area contributed by atoms with Gasteiger partial charge in [0.15, 0.2) is 0 Å². The molecular weight excluding hydrogens is 420 g/mol. The van der Waals surface area contributed by atoms with Crippen molar-refractivity contribution in [3.05, 3.63) is 59.7 Å². The molecule has 1 fully saturated rings. The summed E-state index contributed by atoms with van der Waals surface area (Å²) in [6.07, 6.45) is 1.24. The Balaban J connectivity index is 1.36. The van der Waals surface area contributed by atoms with Crippen LogP contribution in [0.5, 0.6) is 0 Å². The molecule has 0 aromatic heterocycles. The Morgan fingerprint density at radius 3 is 2.24 bits per heavy atom. The van der Waals surface area contributed by atoms with E-state index in [1.54, 1.807) is 0 Å². The highest BCUT2D eigenvalue weighted by Crippen LogP contribution is 2.44. The SMILES string of the molecule is CCC1CC1CNC(=O)C(CCC(=O)O)NC(=O)OCC1c2ccccc2-c2ccccc21. The van der Waals surface area contributed by atoms with Gasteiger partial charge in [-0.3, -0.25) is 9.59 Å². The van der Waals surface area contributed by atoms with Crippen molar-refractivity contribution in [1.29, 1.82) is 0 Å². The van der Waals surface area contributed by atoms with Crippen molar-refractivity contribution in [1.82, 2.24) is 10.6 Å². The first-order valence-electron chi connectivity index (χ1n) is 11.6. The molecule has 2 aliphatic carbocycles. The highest BCUT2D eigenvalue weighted by molar-refractivity contribution is 5.86. The molecule has 7 nitrogen and oxygen atoms in total. The largest absolute Gasteiger partial charge is 0.481 e. The van der Waals surface area contributed by atoms with E-state index in [2.05, 4.69) is 29.7 Å². The van der Waals surface area contributed by atoms with Crippen LogP contribution < -0.4 is 10.6 Å². The zero-order chi connectivity index (χ0) is 23.4. The molecular formula is C26H30N2O5. The lowest BCUT2D eigenvalue weighted by molar-refractivity contribution is -0.137. The van der Waals surface area contributed by atoms with Crippen LogP contribution in [0.15, 0.2) is 48.5 Å². The minimum atomic E-state index is -1.02. The summed E-state index contributed by atoms with van der Waals surface area (Å²) in [6.45, 7) is 2.81. The van der Waals surface area contributed by atoms with E-state index in [4.69, 9.17) is 9.84 Å². The standard InChI is InChI=1S/C26H30N2O5/c1-2-16-13-17(16)14-27-25(31)23(11-12-24(29)30)28-26(32)33-15-22-20-9-5-3-7-18(20)19-8-4-6-10-21(19)22/h3-10,16-17,22-23H,2,11-15H2,1H3,(H,27,31)(H,28,32)(H,29,30). The van der Waals surface area contributed by atoms with Gasteiger partial charge in [0.25, 0.3) is 0 Å². The fraction of sp³-hybridized carbons (Fsp3) is 0.423. The molecule has 3 N–H and O–H groups in total. The van der Waals surface area contributed by atoms with Gasteiger partial charge in [0.2, 0.25) is 5.91 Å². The van der Waals surface area contributed by atoms with Crippen LogP contribution in [0.1, 0.15) is 49.7 Å². The Bertz CT molecular complexity index is 991. The molecule has 33 heavy (non-hydrogen) atoms. The van der Waals surface area contributed by atoms with E-state index >= 15 is 0 Å². The fourth-order valence-corrected chi connectivity index (χ4v) is 4.73. The predicted molar refractivity (Wildman–Crippen MR) is 124 cm³/mol. The molecule has 0 spiro atoms. The first kappa shape index (κ1) is 22.8. The molecule has 4 rings (SSSR count). The highest BCUT2D eigenvalue weighted by Gasteiger charge is 2.36. The number of carboxylic acid groups (broad SMARTS) is 1. The van der Waals surface area contributed by atoms with E-state index in [1.165, 1.54) is 0 Å². The summed E-state index contributed by atoms with van der Waals surface area (Å²) in [4.78, 5) is 36.2. The second kappa shape index (κ2) is 10.1. The molecule has 1 saturated carbocycles. The number of carbonyl (C=O) groups is 3. The second-order valence-corrected chi connectivity index (χ2v) is 8.86.